The Kier molecular flexibility index (Phi) is 8.13. The van der Waals surface area contributed by atoms with Crippen LogP contribution in [0.25, 0.3) is 72.7 Å². The predicted molar refractivity (Wildman–Crippen MR) is 233 cm³/mol. The molecule has 0 atom stereocenters. The molecule has 1 N–H and O–H groups in total. The molecule has 0 aliphatic carbocycles. The molecule has 0 saturated heterocycles. The molecule has 6 aromatic carbocycles. The first-order valence-corrected chi connectivity index (χ1v) is 18.6. The first kappa shape index (κ1) is 28.8. The molecule has 2 aromatic heterocycles. The zero-order valence-electron chi connectivity index (χ0n) is 42.8. The SMILES string of the molecule is [2H]c1nc(-c2[c-]c(-c3cccc4c3nc(-c3ccccc3O)n4-c3ccc(-c4c(C([2H])(C)C)cccc4C([2H])(C)C)cc3)cc(C(C)(C)C)c2)c([2H])c(-c2c([2H])c([2H])c([2H])c([2H])c2[2H])c1[2H].[Pt]. The van der Waals surface area contributed by atoms with Gasteiger partial charge in [0.1, 0.15) is 11.6 Å². The summed E-state index contributed by atoms with van der Waals surface area (Å²) in [5.41, 5.74) is 6.96. The van der Waals surface area contributed by atoms with Crippen LogP contribution < -0.4 is 0 Å². The average molecular weight is 936 g/mol. The number of aromatic nitrogens is 3. The van der Waals surface area contributed by atoms with Gasteiger partial charge >= 0.3 is 0 Å². The van der Waals surface area contributed by atoms with Crippen LogP contribution in [0.3, 0.4) is 0 Å². The van der Waals surface area contributed by atoms with Crippen LogP contribution in [0.1, 0.15) is 90.7 Å². The number of benzene rings is 6. The number of imidazole rings is 1. The number of nitrogens with zero attached hydrogens (tertiary/aromatic N) is 3. The van der Waals surface area contributed by atoms with Crippen LogP contribution in [0.4, 0.5) is 0 Å². The van der Waals surface area contributed by atoms with E-state index in [-0.39, 0.29) is 49.7 Å². The van der Waals surface area contributed by atoms with Crippen molar-refractivity contribution in [3.05, 3.63) is 168 Å². The molecule has 0 spiro atoms. The first-order valence-electron chi connectivity index (χ1n) is 23.6. The molecule has 4 nitrogen and oxygen atoms in total. The largest absolute Gasteiger partial charge is 0.507 e. The van der Waals surface area contributed by atoms with Gasteiger partial charge in [0.2, 0.25) is 0 Å². The summed E-state index contributed by atoms with van der Waals surface area (Å²) < 4.78 is 88.9. The van der Waals surface area contributed by atoms with E-state index in [1.54, 1.807) is 24.3 Å². The number of phenols is 1. The molecular weight excluding hydrogens is 878 g/mol. The Bertz CT molecular complexity index is 3200. The number of aromatic hydroxyl groups is 1. The van der Waals surface area contributed by atoms with Crippen molar-refractivity contribution in [3.8, 4) is 67.5 Å². The molecule has 2 heterocycles. The molecule has 288 valence electrons. The van der Waals surface area contributed by atoms with Gasteiger partial charge < -0.3 is 5.11 Å². The molecule has 57 heavy (non-hydrogen) atoms. The minimum absolute atomic E-state index is 0. The van der Waals surface area contributed by atoms with Crippen molar-refractivity contribution < 1.29 is 39.9 Å². The minimum atomic E-state index is -0.940. The summed E-state index contributed by atoms with van der Waals surface area (Å²) >= 11 is 0. The number of hydrogen-bond acceptors (Lipinski definition) is 3. The Labute approximate surface area is 365 Å². The summed E-state index contributed by atoms with van der Waals surface area (Å²) in [4.78, 5) is 9.62. The van der Waals surface area contributed by atoms with Gasteiger partial charge in [0.15, 0.2) is 0 Å². The maximum Gasteiger partial charge on any atom is 0.148 e. The predicted octanol–water partition coefficient (Wildman–Crippen LogP) is 13.8. The topological polar surface area (TPSA) is 50.9 Å². The van der Waals surface area contributed by atoms with Crippen LogP contribution in [0.2, 0.25) is 0 Å². The van der Waals surface area contributed by atoms with Crippen LogP contribution >= 0.6 is 0 Å². The second-order valence-corrected chi connectivity index (χ2v) is 15.4. The molecule has 0 aliphatic heterocycles. The van der Waals surface area contributed by atoms with Crippen LogP contribution in [0.5, 0.6) is 5.75 Å². The van der Waals surface area contributed by atoms with Gasteiger partial charge in [-0.1, -0.05) is 150 Å². The van der Waals surface area contributed by atoms with E-state index < -0.39 is 59.6 Å². The van der Waals surface area contributed by atoms with E-state index in [0.29, 0.717) is 39.1 Å². The fourth-order valence-electron chi connectivity index (χ4n) is 7.12. The quantitative estimate of drug-likeness (QED) is 0.154. The fourth-order valence-corrected chi connectivity index (χ4v) is 7.12. The Morgan fingerprint density at radius 1 is 0.719 bits per heavy atom. The molecule has 0 radical (unpaired) electrons. The fraction of sp³-hybridized carbons (Fsp3) is 0.192. The molecule has 0 fully saturated rings. The van der Waals surface area contributed by atoms with E-state index in [0.717, 1.165) is 33.5 Å². The Balaban J connectivity index is 0.00000666. The summed E-state index contributed by atoms with van der Waals surface area (Å²) in [6, 6.07) is 29.7. The van der Waals surface area contributed by atoms with E-state index in [4.69, 9.17) is 17.3 Å². The summed E-state index contributed by atoms with van der Waals surface area (Å²) in [6.45, 7) is 13.5. The standard InChI is InChI=1S/C52H48N3O.Pt/c1-33(2)42-18-13-19-43(34(3)4)49(42)36-23-25-41(26-24-36)55-47-21-14-20-44(50(47)54-51(55)45-17-11-12-22-48(45)56)38-29-39(31-40(30-38)52(5,6)7)46-32-37(27-28-53-46)35-15-9-8-10-16-35;/h8-28,30-34,56H,1-7H3;/q-1;/i8D,9D,10D,15D,16D,27D,28D,32D,33D,34D;. The molecule has 0 amide bonds. The maximum absolute atomic E-state index is 11.3. The zero-order valence-corrected chi connectivity index (χ0v) is 35.1. The third-order valence-electron chi connectivity index (χ3n) is 10.0. The van der Waals surface area contributed by atoms with Crippen molar-refractivity contribution in [2.24, 2.45) is 0 Å². The van der Waals surface area contributed by atoms with Crippen LogP contribution in [0.15, 0.2) is 146 Å². The smallest absolute Gasteiger partial charge is 0.148 e. The Morgan fingerprint density at radius 2 is 1.37 bits per heavy atom. The molecule has 0 unspecified atom stereocenters. The number of hydrogen-bond donors (Lipinski definition) is 1. The normalized spacial score (nSPS) is 14.5. The molecule has 5 heteroatoms. The van der Waals surface area contributed by atoms with Crippen LogP contribution in [-0.2, 0) is 26.5 Å². The van der Waals surface area contributed by atoms with Gasteiger partial charge in [0.25, 0.3) is 0 Å². The number of fused-ring (bicyclic) bond motifs is 1. The number of rotatable bonds is 8. The molecule has 8 rings (SSSR count). The Hall–Kier alpha value is -5.57. The van der Waals surface area contributed by atoms with Gasteiger partial charge in [0.05, 0.1) is 27.6 Å². The monoisotopic (exact) mass is 935 g/mol. The van der Waals surface area contributed by atoms with E-state index in [1.807, 2.05) is 126 Å². The number of pyridine rings is 1. The summed E-state index contributed by atoms with van der Waals surface area (Å²) in [5.74, 6) is -1.40. The third kappa shape index (κ3) is 7.76. The number of phenolic OH excluding ortho intramolecular Hbond substituents is 1. The molecule has 0 saturated carbocycles. The van der Waals surface area contributed by atoms with E-state index >= 15 is 0 Å². The maximum atomic E-state index is 11.3. The van der Waals surface area contributed by atoms with Gasteiger partial charge in [-0.2, -0.15) is 0 Å². The van der Waals surface area contributed by atoms with E-state index in [2.05, 4.69) is 11.1 Å². The van der Waals surface area contributed by atoms with Crippen molar-refractivity contribution in [1.29, 1.82) is 0 Å². The second kappa shape index (κ2) is 16.1. The van der Waals surface area contributed by atoms with E-state index in [1.165, 1.54) is 0 Å². The Morgan fingerprint density at radius 3 is 2.04 bits per heavy atom. The van der Waals surface area contributed by atoms with Crippen molar-refractivity contribution in [3.63, 3.8) is 0 Å². The van der Waals surface area contributed by atoms with Crippen LogP contribution in [0, 0.1) is 6.07 Å². The van der Waals surface area contributed by atoms with Crippen molar-refractivity contribution in [2.45, 2.75) is 65.7 Å². The van der Waals surface area contributed by atoms with Gasteiger partial charge in [-0.05, 0) is 87.0 Å². The van der Waals surface area contributed by atoms with Gasteiger partial charge in [-0.25, -0.2) is 4.98 Å². The molecular formula is C52H48N3OPt-. The second-order valence-electron chi connectivity index (χ2n) is 15.4. The van der Waals surface area contributed by atoms with Gasteiger partial charge in [-0.15, -0.1) is 29.3 Å². The van der Waals surface area contributed by atoms with E-state index in [9.17, 15) is 6.48 Å². The zero-order chi connectivity index (χ0) is 47.9. The van der Waals surface area contributed by atoms with Crippen molar-refractivity contribution in [1.82, 2.24) is 14.5 Å². The summed E-state index contributed by atoms with van der Waals surface area (Å²) in [7, 11) is 0. The van der Waals surface area contributed by atoms with Crippen LogP contribution in [-0.4, -0.2) is 19.6 Å². The summed E-state index contributed by atoms with van der Waals surface area (Å²) in [6.07, 6.45) is -0.537. The molecule has 0 bridgehead atoms. The van der Waals surface area contributed by atoms with Crippen molar-refractivity contribution >= 4 is 11.0 Å². The number of para-hydroxylation sites is 2. The minimum Gasteiger partial charge on any atom is -0.507 e. The van der Waals surface area contributed by atoms with Crippen molar-refractivity contribution in [2.75, 3.05) is 0 Å². The molecule has 8 aromatic rings. The van der Waals surface area contributed by atoms with Gasteiger partial charge in [-0.3, -0.25) is 9.55 Å². The summed E-state index contributed by atoms with van der Waals surface area (Å²) in [5, 5.41) is 11.3. The van der Waals surface area contributed by atoms with Gasteiger partial charge in [0, 0.05) is 41.4 Å². The average Bonchev–Trinajstić information content (AvgIpc) is 3.66. The third-order valence-corrected chi connectivity index (χ3v) is 10.0. The first-order chi connectivity index (χ1) is 30.9. The molecule has 0 aliphatic rings.